The second kappa shape index (κ2) is 11.3. The maximum atomic E-state index is 14.1. The number of likely N-dealkylation sites (N-methyl/N-ethyl adjacent to an activating group) is 1. The summed E-state index contributed by atoms with van der Waals surface area (Å²) in [6.07, 6.45) is 2.53. The van der Waals surface area contributed by atoms with Crippen LogP contribution in [0.4, 0.5) is 4.39 Å². The molecule has 0 radical (unpaired) electrons. The summed E-state index contributed by atoms with van der Waals surface area (Å²) in [4.78, 5) is 2.53. The predicted octanol–water partition coefficient (Wildman–Crippen LogP) is 5.79. The Balaban J connectivity index is 1.67. The lowest BCUT2D eigenvalue weighted by Gasteiger charge is -2.23. The quantitative estimate of drug-likeness (QED) is 0.448. The van der Waals surface area contributed by atoms with E-state index in [1.807, 2.05) is 19.1 Å². The van der Waals surface area contributed by atoms with Crippen molar-refractivity contribution in [3.05, 3.63) is 56.8 Å². The molecule has 30 heavy (non-hydrogen) atoms. The normalized spacial score (nSPS) is 16.8. The minimum Gasteiger partial charge on any atom is -0.490 e. The second-order valence-corrected chi connectivity index (χ2v) is 8.64. The van der Waals surface area contributed by atoms with E-state index in [2.05, 4.69) is 33.1 Å². The lowest BCUT2D eigenvalue weighted by molar-refractivity contribution is 0.259. The molecule has 1 fully saturated rings. The zero-order valence-electron chi connectivity index (χ0n) is 17.5. The minimum absolute atomic E-state index is 0.0241. The van der Waals surface area contributed by atoms with Gasteiger partial charge in [0, 0.05) is 24.7 Å². The molecule has 1 aliphatic rings. The van der Waals surface area contributed by atoms with Crippen molar-refractivity contribution in [1.29, 1.82) is 0 Å². The number of likely N-dealkylation sites (tertiary alicyclic amines) is 1. The Labute approximate surface area is 191 Å². The highest BCUT2D eigenvalue weighted by molar-refractivity contribution is 9.10. The number of halogens is 3. The van der Waals surface area contributed by atoms with Gasteiger partial charge >= 0.3 is 0 Å². The fourth-order valence-electron chi connectivity index (χ4n) is 3.87. The molecule has 1 atom stereocenters. The molecule has 2 aromatic carbocycles. The first kappa shape index (κ1) is 23.3. The van der Waals surface area contributed by atoms with E-state index < -0.39 is 0 Å². The molecule has 7 heteroatoms. The van der Waals surface area contributed by atoms with E-state index in [0.717, 1.165) is 29.7 Å². The van der Waals surface area contributed by atoms with E-state index in [4.69, 9.17) is 21.1 Å². The van der Waals surface area contributed by atoms with Gasteiger partial charge in [0.25, 0.3) is 0 Å². The van der Waals surface area contributed by atoms with Gasteiger partial charge in [-0.3, -0.25) is 4.90 Å². The topological polar surface area (TPSA) is 33.7 Å². The van der Waals surface area contributed by atoms with Gasteiger partial charge in [-0.2, -0.15) is 0 Å². The SMILES string of the molecule is CCOc1cc(CNC[C@@H]2CCCN2CC)cc(Br)c1OCc1c(F)cccc1Cl. The summed E-state index contributed by atoms with van der Waals surface area (Å²) in [6.45, 7) is 8.69. The molecule has 0 aromatic heterocycles. The van der Waals surface area contributed by atoms with Crippen molar-refractivity contribution in [2.45, 2.75) is 45.9 Å². The highest BCUT2D eigenvalue weighted by atomic mass is 79.9. The first-order chi connectivity index (χ1) is 14.5. The van der Waals surface area contributed by atoms with Gasteiger partial charge in [-0.05, 0) is 78.6 Å². The van der Waals surface area contributed by atoms with Gasteiger partial charge in [0.2, 0.25) is 0 Å². The van der Waals surface area contributed by atoms with Crippen LogP contribution in [0.25, 0.3) is 0 Å². The number of benzene rings is 2. The summed E-state index contributed by atoms with van der Waals surface area (Å²) < 4.78 is 26.6. The number of nitrogens with one attached hydrogen (secondary N) is 1. The van der Waals surface area contributed by atoms with Gasteiger partial charge in [0.1, 0.15) is 12.4 Å². The minimum atomic E-state index is -0.384. The predicted molar refractivity (Wildman–Crippen MR) is 123 cm³/mol. The Bertz CT molecular complexity index is 832. The number of ether oxygens (including phenoxy) is 2. The molecule has 0 unspecified atom stereocenters. The Morgan fingerprint density at radius 2 is 2.10 bits per heavy atom. The van der Waals surface area contributed by atoms with Crippen LogP contribution < -0.4 is 14.8 Å². The molecule has 4 nitrogen and oxygen atoms in total. The van der Waals surface area contributed by atoms with E-state index in [1.165, 1.54) is 25.5 Å². The van der Waals surface area contributed by atoms with E-state index in [9.17, 15) is 4.39 Å². The van der Waals surface area contributed by atoms with E-state index in [-0.39, 0.29) is 12.4 Å². The molecule has 1 aliphatic heterocycles. The summed E-state index contributed by atoms with van der Waals surface area (Å²) in [5.41, 5.74) is 1.43. The molecule has 2 aromatic rings. The second-order valence-electron chi connectivity index (χ2n) is 7.38. The van der Waals surface area contributed by atoms with Gasteiger partial charge in [0.05, 0.1) is 16.1 Å². The Kier molecular flexibility index (Phi) is 8.81. The summed E-state index contributed by atoms with van der Waals surface area (Å²) in [5, 5.41) is 3.92. The molecule has 0 spiro atoms. The summed E-state index contributed by atoms with van der Waals surface area (Å²) >= 11 is 9.71. The summed E-state index contributed by atoms with van der Waals surface area (Å²) in [5.74, 6) is 0.797. The van der Waals surface area contributed by atoms with Gasteiger partial charge in [-0.25, -0.2) is 4.39 Å². The maximum absolute atomic E-state index is 14.1. The molecule has 0 saturated carbocycles. The van der Waals surface area contributed by atoms with E-state index in [1.54, 1.807) is 12.1 Å². The standard InChI is InChI=1S/C23H29BrClFN2O2/c1-3-28-10-6-7-17(28)14-27-13-16-11-19(24)23(22(12-16)29-4-2)30-15-18-20(25)8-5-9-21(18)26/h5,8-9,11-12,17,27H,3-4,6-7,10,13-15H2,1-2H3/t17-/m0/s1. The van der Waals surface area contributed by atoms with Crippen LogP contribution >= 0.6 is 27.5 Å². The first-order valence-electron chi connectivity index (χ1n) is 10.5. The van der Waals surface area contributed by atoms with Gasteiger partial charge < -0.3 is 14.8 Å². The molecule has 0 amide bonds. The van der Waals surface area contributed by atoms with Crippen molar-refractivity contribution in [3.8, 4) is 11.5 Å². The van der Waals surface area contributed by atoms with Crippen molar-refractivity contribution in [2.24, 2.45) is 0 Å². The van der Waals surface area contributed by atoms with Crippen molar-refractivity contribution in [2.75, 3.05) is 26.2 Å². The fraction of sp³-hybridized carbons (Fsp3) is 0.478. The van der Waals surface area contributed by atoms with Gasteiger partial charge in [-0.15, -0.1) is 0 Å². The van der Waals surface area contributed by atoms with Crippen molar-refractivity contribution in [3.63, 3.8) is 0 Å². The zero-order valence-corrected chi connectivity index (χ0v) is 19.9. The number of rotatable bonds is 10. The largest absolute Gasteiger partial charge is 0.490 e. The number of hydrogen-bond donors (Lipinski definition) is 1. The molecule has 164 valence electrons. The van der Waals surface area contributed by atoms with Crippen LogP contribution in [0.5, 0.6) is 11.5 Å². The molecule has 1 N–H and O–H groups in total. The van der Waals surface area contributed by atoms with Crippen LogP contribution in [-0.4, -0.2) is 37.2 Å². The molecule has 1 saturated heterocycles. The third kappa shape index (κ3) is 5.88. The molecule has 0 aliphatic carbocycles. The van der Waals surface area contributed by atoms with E-state index >= 15 is 0 Å². The third-order valence-corrected chi connectivity index (χ3v) is 6.35. The number of hydrogen-bond acceptors (Lipinski definition) is 4. The van der Waals surface area contributed by atoms with Crippen LogP contribution in [0.15, 0.2) is 34.8 Å². The molecule has 1 heterocycles. The van der Waals surface area contributed by atoms with Gasteiger partial charge in [-0.1, -0.05) is 24.6 Å². The van der Waals surface area contributed by atoms with Crippen LogP contribution in [0.3, 0.4) is 0 Å². The summed E-state index contributed by atoms with van der Waals surface area (Å²) in [7, 11) is 0. The van der Waals surface area contributed by atoms with E-state index in [0.29, 0.717) is 34.7 Å². The van der Waals surface area contributed by atoms with Crippen molar-refractivity contribution < 1.29 is 13.9 Å². The first-order valence-corrected chi connectivity index (χ1v) is 11.7. The number of nitrogens with zero attached hydrogens (tertiary/aromatic N) is 1. The molecular formula is C23H29BrClFN2O2. The Morgan fingerprint density at radius 3 is 2.83 bits per heavy atom. The van der Waals surface area contributed by atoms with Crippen molar-refractivity contribution in [1.82, 2.24) is 10.2 Å². The van der Waals surface area contributed by atoms with Crippen LogP contribution in [0.2, 0.25) is 5.02 Å². The average molecular weight is 500 g/mol. The fourth-order valence-corrected chi connectivity index (χ4v) is 4.69. The summed E-state index contributed by atoms with van der Waals surface area (Å²) in [6, 6.07) is 9.21. The Hall–Kier alpha value is -1.34. The van der Waals surface area contributed by atoms with Crippen LogP contribution in [-0.2, 0) is 13.2 Å². The molecule has 0 bridgehead atoms. The van der Waals surface area contributed by atoms with Gasteiger partial charge in [0.15, 0.2) is 11.5 Å². The smallest absolute Gasteiger partial charge is 0.175 e. The molecular weight excluding hydrogens is 471 g/mol. The van der Waals surface area contributed by atoms with Crippen LogP contribution in [0.1, 0.15) is 37.8 Å². The average Bonchev–Trinajstić information content (AvgIpc) is 3.17. The third-order valence-electron chi connectivity index (χ3n) is 5.41. The maximum Gasteiger partial charge on any atom is 0.175 e. The molecule has 3 rings (SSSR count). The monoisotopic (exact) mass is 498 g/mol. The Morgan fingerprint density at radius 1 is 1.27 bits per heavy atom. The lowest BCUT2D eigenvalue weighted by Crippen LogP contribution is -2.37. The van der Waals surface area contributed by atoms with Crippen molar-refractivity contribution >= 4 is 27.5 Å². The lowest BCUT2D eigenvalue weighted by atomic mass is 10.1. The zero-order chi connectivity index (χ0) is 21.5. The highest BCUT2D eigenvalue weighted by Gasteiger charge is 2.22. The highest BCUT2D eigenvalue weighted by Crippen LogP contribution is 2.38. The van der Waals surface area contributed by atoms with Crippen LogP contribution in [0, 0.1) is 5.82 Å².